The highest BCUT2D eigenvalue weighted by Gasteiger charge is 2.36. The van der Waals surface area contributed by atoms with Crippen molar-refractivity contribution in [3.63, 3.8) is 0 Å². The smallest absolute Gasteiger partial charge is 0.165 e. The van der Waals surface area contributed by atoms with Gasteiger partial charge in [-0.1, -0.05) is 26.8 Å². The van der Waals surface area contributed by atoms with E-state index in [2.05, 4.69) is 26.1 Å². The average molecular weight is 293 g/mol. The largest absolute Gasteiger partial charge is 0.486 e. The predicted molar refractivity (Wildman–Crippen MR) is 85.3 cm³/mol. The van der Waals surface area contributed by atoms with Crippen molar-refractivity contribution in [2.75, 3.05) is 6.54 Å². The van der Waals surface area contributed by atoms with Crippen molar-refractivity contribution >= 4 is 0 Å². The summed E-state index contributed by atoms with van der Waals surface area (Å²) in [6, 6.07) is 5.39. The maximum atomic E-state index is 14.0. The van der Waals surface area contributed by atoms with Crippen LogP contribution in [0.5, 0.6) is 5.75 Å². The topological polar surface area (TPSA) is 21.3 Å². The van der Waals surface area contributed by atoms with Gasteiger partial charge in [-0.25, -0.2) is 4.39 Å². The molecule has 3 heteroatoms. The van der Waals surface area contributed by atoms with Crippen LogP contribution in [0.15, 0.2) is 18.2 Å². The lowest BCUT2D eigenvalue weighted by atomic mass is 9.74. The van der Waals surface area contributed by atoms with Crippen LogP contribution >= 0.6 is 0 Å². The molecule has 0 radical (unpaired) electrons. The van der Waals surface area contributed by atoms with Crippen molar-refractivity contribution in [3.8, 4) is 5.75 Å². The Morgan fingerprint density at radius 3 is 2.86 bits per heavy atom. The fraction of sp³-hybridized carbons (Fsp3) is 0.667. The molecule has 0 saturated heterocycles. The summed E-state index contributed by atoms with van der Waals surface area (Å²) in [5.74, 6) is 0.124. The highest BCUT2D eigenvalue weighted by molar-refractivity contribution is 5.29. The molecular weight excluding hydrogens is 265 g/mol. The van der Waals surface area contributed by atoms with Gasteiger partial charge in [-0.15, -0.1) is 0 Å². The Bertz CT molecular complexity index is 472. The Morgan fingerprint density at radius 1 is 1.38 bits per heavy atom. The van der Waals surface area contributed by atoms with Crippen LogP contribution in [0, 0.1) is 18.2 Å². The second-order valence-electron chi connectivity index (χ2n) is 7.06. The molecule has 1 fully saturated rings. The highest BCUT2D eigenvalue weighted by Crippen LogP contribution is 2.37. The van der Waals surface area contributed by atoms with Crippen LogP contribution in [-0.2, 0) is 0 Å². The highest BCUT2D eigenvalue weighted by atomic mass is 19.1. The maximum Gasteiger partial charge on any atom is 0.165 e. The predicted octanol–water partition coefficient (Wildman–Crippen LogP) is 4.46. The summed E-state index contributed by atoms with van der Waals surface area (Å²) in [6.07, 6.45) is 4.37. The molecule has 118 valence electrons. The molecule has 1 aromatic rings. The number of aryl methyl sites for hydroxylation is 1. The van der Waals surface area contributed by atoms with E-state index in [9.17, 15) is 4.39 Å². The molecule has 0 aliphatic heterocycles. The number of hydrogen-bond donors (Lipinski definition) is 1. The van der Waals surface area contributed by atoms with Gasteiger partial charge >= 0.3 is 0 Å². The first-order valence-corrected chi connectivity index (χ1v) is 8.07. The third-order valence-corrected chi connectivity index (χ3v) is 4.36. The Morgan fingerprint density at radius 2 is 2.14 bits per heavy atom. The van der Waals surface area contributed by atoms with Gasteiger partial charge in [0, 0.05) is 6.04 Å². The van der Waals surface area contributed by atoms with Gasteiger partial charge in [0.2, 0.25) is 0 Å². The van der Waals surface area contributed by atoms with E-state index >= 15 is 0 Å². The zero-order chi connectivity index (χ0) is 15.5. The van der Waals surface area contributed by atoms with E-state index in [0.717, 1.165) is 31.4 Å². The molecular formula is C18H28FNO. The van der Waals surface area contributed by atoms with Crippen LogP contribution in [-0.4, -0.2) is 18.7 Å². The lowest BCUT2D eigenvalue weighted by Crippen LogP contribution is -2.49. The van der Waals surface area contributed by atoms with Crippen molar-refractivity contribution in [2.45, 2.75) is 65.5 Å². The van der Waals surface area contributed by atoms with Gasteiger partial charge in [0.25, 0.3) is 0 Å². The minimum Gasteiger partial charge on any atom is -0.486 e. The number of benzene rings is 1. The van der Waals surface area contributed by atoms with Crippen LogP contribution in [0.25, 0.3) is 0 Å². The Hall–Kier alpha value is -1.09. The van der Waals surface area contributed by atoms with E-state index in [1.807, 2.05) is 6.92 Å². The van der Waals surface area contributed by atoms with E-state index in [1.165, 1.54) is 12.5 Å². The maximum absolute atomic E-state index is 14.0. The summed E-state index contributed by atoms with van der Waals surface area (Å²) in [4.78, 5) is 0. The molecule has 1 aromatic carbocycles. The van der Waals surface area contributed by atoms with Gasteiger partial charge in [-0.3, -0.25) is 0 Å². The van der Waals surface area contributed by atoms with E-state index in [-0.39, 0.29) is 17.3 Å². The monoisotopic (exact) mass is 293 g/mol. The number of hydrogen-bond acceptors (Lipinski definition) is 2. The van der Waals surface area contributed by atoms with Gasteiger partial charge < -0.3 is 10.1 Å². The molecule has 2 nitrogen and oxygen atoms in total. The van der Waals surface area contributed by atoms with Gasteiger partial charge in [-0.05, 0) is 62.3 Å². The summed E-state index contributed by atoms with van der Waals surface area (Å²) < 4.78 is 20.0. The molecule has 0 bridgehead atoms. The van der Waals surface area contributed by atoms with Gasteiger partial charge in [-0.2, -0.15) is 0 Å². The summed E-state index contributed by atoms with van der Waals surface area (Å²) >= 11 is 0. The van der Waals surface area contributed by atoms with Crippen molar-refractivity contribution < 1.29 is 9.13 Å². The third kappa shape index (κ3) is 4.44. The molecule has 2 unspecified atom stereocenters. The van der Waals surface area contributed by atoms with E-state index < -0.39 is 0 Å². The van der Waals surface area contributed by atoms with Crippen LogP contribution in [0.2, 0.25) is 0 Å². The van der Waals surface area contributed by atoms with Crippen molar-refractivity contribution in [2.24, 2.45) is 5.41 Å². The summed E-state index contributed by atoms with van der Waals surface area (Å²) in [7, 11) is 0. The van der Waals surface area contributed by atoms with Crippen LogP contribution in [0.3, 0.4) is 0 Å². The number of rotatable bonds is 5. The standard InChI is InChI=1S/C18H28FNO/c1-5-10-20-15-8-9-18(3,4)12-17(15)21-16-11-13(2)6-7-14(16)19/h6-7,11,15,17,20H,5,8-10,12H2,1-4H3. The minimum absolute atomic E-state index is 0.0385. The normalized spacial score (nSPS) is 24.8. The molecule has 0 aromatic heterocycles. The van der Waals surface area contributed by atoms with Gasteiger partial charge in [0.1, 0.15) is 6.10 Å². The summed E-state index contributed by atoms with van der Waals surface area (Å²) in [6.45, 7) is 9.65. The van der Waals surface area contributed by atoms with E-state index in [1.54, 1.807) is 12.1 Å². The quantitative estimate of drug-likeness (QED) is 0.865. The molecule has 2 atom stereocenters. The number of ether oxygens (including phenoxy) is 1. The second kappa shape index (κ2) is 6.78. The van der Waals surface area contributed by atoms with Crippen molar-refractivity contribution in [3.05, 3.63) is 29.6 Å². The number of halogens is 1. The lowest BCUT2D eigenvalue weighted by Gasteiger charge is -2.41. The van der Waals surface area contributed by atoms with Crippen LogP contribution in [0.1, 0.15) is 52.0 Å². The van der Waals surface area contributed by atoms with E-state index in [4.69, 9.17) is 4.74 Å². The molecule has 21 heavy (non-hydrogen) atoms. The Balaban J connectivity index is 2.13. The molecule has 1 saturated carbocycles. The summed E-state index contributed by atoms with van der Waals surface area (Å²) in [5.41, 5.74) is 1.29. The third-order valence-electron chi connectivity index (χ3n) is 4.36. The summed E-state index contributed by atoms with van der Waals surface area (Å²) in [5, 5.41) is 3.57. The van der Waals surface area contributed by atoms with Gasteiger partial charge in [0.15, 0.2) is 11.6 Å². The molecule has 0 spiro atoms. The second-order valence-corrected chi connectivity index (χ2v) is 7.06. The Kier molecular flexibility index (Phi) is 5.26. The molecule has 0 amide bonds. The van der Waals surface area contributed by atoms with Crippen LogP contribution in [0.4, 0.5) is 4.39 Å². The Labute approximate surface area is 128 Å². The molecule has 1 aliphatic carbocycles. The number of nitrogens with one attached hydrogen (secondary N) is 1. The first-order chi connectivity index (χ1) is 9.91. The fourth-order valence-electron chi connectivity index (χ4n) is 3.07. The SMILES string of the molecule is CCCNC1CCC(C)(C)CC1Oc1cc(C)ccc1F. The van der Waals surface area contributed by atoms with Crippen LogP contribution < -0.4 is 10.1 Å². The minimum atomic E-state index is -0.266. The first kappa shape index (κ1) is 16.3. The van der Waals surface area contributed by atoms with Gasteiger partial charge in [0.05, 0.1) is 0 Å². The van der Waals surface area contributed by atoms with Crippen molar-refractivity contribution in [1.82, 2.24) is 5.32 Å². The zero-order valence-electron chi connectivity index (χ0n) is 13.7. The van der Waals surface area contributed by atoms with E-state index in [0.29, 0.717) is 11.8 Å². The fourth-order valence-corrected chi connectivity index (χ4v) is 3.07. The molecule has 2 rings (SSSR count). The molecule has 1 aliphatic rings. The zero-order valence-corrected chi connectivity index (χ0v) is 13.7. The lowest BCUT2D eigenvalue weighted by molar-refractivity contribution is 0.0503. The average Bonchev–Trinajstić information content (AvgIpc) is 2.41. The van der Waals surface area contributed by atoms with Crippen molar-refractivity contribution in [1.29, 1.82) is 0 Å². The molecule has 0 heterocycles. The first-order valence-electron chi connectivity index (χ1n) is 8.07. The molecule has 1 N–H and O–H groups in total.